The lowest BCUT2D eigenvalue weighted by Crippen LogP contribution is -2.23. The molecule has 4 heteroatoms. The molecule has 0 fully saturated rings. The van der Waals surface area contributed by atoms with Crippen molar-refractivity contribution in [3.05, 3.63) is 146 Å². The van der Waals surface area contributed by atoms with E-state index in [0.29, 0.717) is 17.9 Å². The van der Waals surface area contributed by atoms with Gasteiger partial charge in [0.2, 0.25) is 0 Å². The summed E-state index contributed by atoms with van der Waals surface area (Å²) >= 11 is 0. The molecule has 0 aliphatic heterocycles. The topological polar surface area (TPSA) is 49.1 Å². The second-order valence-corrected chi connectivity index (χ2v) is 17.5. The molecule has 0 aliphatic carbocycles. The summed E-state index contributed by atoms with van der Waals surface area (Å²) in [7, 11) is 2.11. The number of unbranched alkanes of at least 4 members (excludes halogenated alkanes) is 9. The summed E-state index contributed by atoms with van der Waals surface area (Å²) in [6, 6.07) is 0.367. The maximum absolute atomic E-state index is 4.54. The molecule has 0 spiro atoms. The second kappa shape index (κ2) is 46.4. The van der Waals surface area contributed by atoms with Gasteiger partial charge >= 0.3 is 0 Å². The molecule has 65 heavy (non-hydrogen) atoms. The minimum absolute atomic E-state index is 0.253. The van der Waals surface area contributed by atoms with Gasteiger partial charge in [-0.15, -0.1) is 0 Å². The van der Waals surface area contributed by atoms with Crippen molar-refractivity contribution < 1.29 is 0 Å². The van der Waals surface area contributed by atoms with Gasteiger partial charge in [0.1, 0.15) is 0 Å². The molecule has 0 aliphatic rings. The molecule has 0 saturated carbocycles. The van der Waals surface area contributed by atoms with Crippen LogP contribution < -0.4 is 5.32 Å². The van der Waals surface area contributed by atoms with Crippen molar-refractivity contribution >= 4 is 18.6 Å². The molecule has 0 bridgehead atoms. The van der Waals surface area contributed by atoms with Crippen LogP contribution in [0.5, 0.6) is 0 Å². The molecule has 5 atom stereocenters. The van der Waals surface area contributed by atoms with Crippen LogP contribution in [0.15, 0.2) is 161 Å². The molecule has 0 rings (SSSR count). The molecule has 0 saturated heterocycles. The summed E-state index contributed by atoms with van der Waals surface area (Å²) in [5.74, 6) is 1.27. The first-order chi connectivity index (χ1) is 31.8. The Morgan fingerprint density at radius 1 is 0.400 bits per heavy atom. The Hall–Kier alpha value is -4.15. The van der Waals surface area contributed by atoms with Crippen LogP contribution >= 0.6 is 0 Å². The molecule has 4 nitrogen and oxygen atoms in total. The minimum atomic E-state index is 0.253. The summed E-state index contributed by atoms with van der Waals surface area (Å²) in [5.41, 5.74) is 2.79. The van der Waals surface area contributed by atoms with Crippen molar-refractivity contribution in [1.29, 1.82) is 0 Å². The first-order valence-corrected chi connectivity index (χ1v) is 26.1. The molecule has 362 valence electrons. The number of allylic oxidation sites excluding steroid dienone is 20. The van der Waals surface area contributed by atoms with Crippen molar-refractivity contribution in [3.8, 4) is 0 Å². The van der Waals surface area contributed by atoms with Crippen LogP contribution in [0.2, 0.25) is 0 Å². The van der Waals surface area contributed by atoms with E-state index in [-0.39, 0.29) is 11.8 Å². The highest BCUT2D eigenvalue weighted by atomic mass is 14.9. The molecule has 0 aromatic rings. The lowest BCUT2D eigenvalue weighted by atomic mass is 9.82. The average Bonchev–Trinajstić information content (AvgIpc) is 3.29. The van der Waals surface area contributed by atoms with Gasteiger partial charge in [-0.3, -0.25) is 15.0 Å². The summed E-state index contributed by atoms with van der Waals surface area (Å²) in [4.78, 5) is 13.5. The molecule has 0 heterocycles. The van der Waals surface area contributed by atoms with E-state index in [1.807, 2.05) is 36.9 Å². The zero-order chi connectivity index (χ0) is 47.9. The Bertz CT molecular complexity index is 1550. The highest BCUT2D eigenvalue weighted by molar-refractivity contribution is 5.73. The van der Waals surface area contributed by atoms with Crippen molar-refractivity contribution in [2.75, 3.05) is 7.05 Å². The largest absolute Gasteiger partial charge is 0.314 e. The Morgan fingerprint density at radius 3 is 1.25 bits per heavy atom. The maximum atomic E-state index is 4.54. The predicted molar refractivity (Wildman–Crippen MR) is 298 cm³/mol. The third kappa shape index (κ3) is 37.7. The Balaban J connectivity index is 7.14. The lowest BCUT2D eigenvalue weighted by Gasteiger charge is -2.23. The smallest absolute Gasteiger partial charge is 0.0331 e. The lowest BCUT2D eigenvalue weighted by molar-refractivity contribution is 0.456. The molecular weight excluding hydrogens is 789 g/mol. The summed E-state index contributed by atoms with van der Waals surface area (Å²) in [6.07, 6.45) is 72.0. The van der Waals surface area contributed by atoms with Gasteiger partial charge < -0.3 is 5.32 Å². The van der Waals surface area contributed by atoms with Crippen molar-refractivity contribution in [3.63, 3.8) is 0 Å². The van der Waals surface area contributed by atoms with Crippen LogP contribution in [0.3, 0.4) is 0 Å². The van der Waals surface area contributed by atoms with E-state index in [0.717, 1.165) is 81.3 Å². The number of aliphatic imine (C=N–C) groups is 3. The van der Waals surface area contributed by atoms with Crippen LogP contribution in [0.25, 0.3) is 0 Å². The summed E-state index contributed by atoms with van der Waals surface area (Å²) in [5, 5.41) is 3.61. The minimum Gasteiger partial charge on any atom is -0.314 e. The quantitative estimate of drug-likeness (QED) is 0.0282. The fraction of sp³-hybridized carbons (Fsp3) is 0.557. The molecule has 1 N–H and O–H groups in total. The van der Waals surface area contributed by atoms with Gasteiger partial charge in [-0.05, 0) is 82.1 Å². The Morgan fingerprint density at radius 2 is 0.815 bits per heavy atom. The van der Waals surface area contributed by atoms with E-state index in [9.17, 15) is 0 Å². The molecule has 0 radical (unpaired) electrons. The fourth-order valence-electron chi connectivity index (χ4n) is 7.53. The zero-order valence-electron chi connectivity index (χ0n) is 43.0. The van der Waals surface area contributed by atoms with Gasteiger partial charge in [0.05, 0.1) is 0 Å². The van der Waals surface area contributed by atoms with Gasteiger partial charge in [0.25, 0.3) is 0 Å². The highest BCUT2D eigenvalue weighted by Gasteiger charge is 2.18. The van der Waals surface area contributed by atoms with Crippen molar-refractivity contribution in [2.24, 2.45) is 38.6 Å². The van der Waals surface area contributed by atoms with Crippen molar-refractivity contribution in [1.82, 2.24) is 5.32 Å². The van der Waals surface area contributed by atoms with Crippen LogP contribution in [-0.4, -0.2) is 31.7 Å². The monoisotopic (exact) mass is 887 g/mol. The first kappa shape index (κ1) is 60.9. The van der Waals surface area contributed by atoms with E-state index >= 15 is 0 Å². The van der Waals surface area contributed by atoms with Gasteiger partial charge in [-0.1, -0.05) is 249 Å². The van der Waals surface area contributed by atoms with Gasteiger partial charge in [-0.2, -0.15) is 0 Å². The Kier molecular flexibility index (Phi) is 43.4. The number of rotatable bonds is 42. The van der Waals surface area contributed by atoms with Gasteiger partial charge in [0, 0.05) is 53.6 Å². The Labute approximate surface area is 403 Å². The summed E-state index contributed by atoms with van der Waals surface area (Å²) in [6.45, 7) is 25.6. The number of nitrogens with one attached hydrogen (secondary N) is 1. The third-order valence-corrected chi connectivity index (χ3v) is 11.4. The molecule has 0 aromatic carbocycles. The van der Waals surface area contributed by atoms with Crippen LogP contribution in [0.1, 0.15) is 183 Å². The van der Waals surface area contributed by atoms with Gasteiger partial charge in [-0.25, -0.2) is 0 Å². The van der Waals surface area contributed by atoms with E-state index in [1.54, 1.807) is 0 Å². The first-order valence-electron chi connectivity index (χ1n) is 26.1. The molecule has 0 aromatic heterocycles. The predicted octanol–water partition coefficient (Wildman–Crippen LogP) is 18.5. The van der Waals surface area contributed by atoms with E-state index in [4.69, 9.17) is 0 Å². The molecular formula is C61H98N4. The normalized spacial score (nSPS) is 15.6. The second-order valence-electron chi connectivity index (χ2n) is 17.5. The number of hydrogen-bond acceptors (Lipinski definition) is 4. The summed E-state index contributed by atoms with van der Waals surface area (Å²) < 4.78 is 0. The number of nitrogens with zero attached hydrogens (tertiary/aromatic N) is 3. The third-order valence-electron chi connectivity index (χ3n) is 11.4. The molecule has 0 amide bonds. The van der Waals surface area contributed by atoms with Crippen LogP contribution in [0.4, 0.5) is 0 Å². The number of hydrogen-bond donors (Lipinski definition) is 1. The van der Waals surface area contributed by atoms with Crippen LogP contribution in [0, 0.1) is 23.7 Å². The standard InChI is InChI=1S/C61H98N4/c1-11-17-20-29-41-57(42-31-25-23-24-26-35-51-63-54(7)38-14-4)58(44-32-27-36-52-64-55(8)39-15-5)47-48-59(43-30-21-18-12-2)60(45-33-28-37-53-65-56(9)40-16-6)49-50-61(62-10)46-34-22-19-13-3/h23-24,26-28,31-33,35-37,42,44-45,47-53,57-62H,7-9,11-22,25,29-30,34,38-41,43,46H2,1-6,10H3/b24-23+,35-26+,36-27+,37-28+,42-31-,44-32+,45-33+,48-47-,50-49-,63-51?,64-52?,65-53?. The van der Waals surface area contributed by atoms with Crippen molar-refractivity contribution in [2.45, 2.75) is 189 Å². The highest BCUT2D eigenvalue weighted by Crippen LogP contribution is 2.29. The van der Waals surface area contributed by atoms with Crippen LogP contribution in [-0.2, 0) is 0 Å². The van der Waals surface area contributed by atoms with E-state index < -0.39 is 0 Å². The van der Waals surface area contributed by atoms with E-state index in [2.05, 4.69) is 180 Å². The fourth-order valence-corrected chi connectivity index (χ4v) is 7.53. The average molecular weight is 887 g/mol. The zero-order valence-corrected chi connectivity index (χ0v) is 43.0. The number of likely N-dealkylation sites (N-methyl/N-ethyl adjacent to an activating group) is 1. The maximum Gasteiger partial charge on any atom is 0.0331 e. The SMILES string of the molecule is C=C(CCC)N=C/C=C/C=C/C/C=C\C(CCCCCC)C(/C=C\C(CCCCCC)C(/C=C\C(CCCCCC)NC)/C=C/C=C/C=NC(=C)CCC)/C=C/C=C/C=NC(=C)CCC. The molecule has 5 unspecified atom stereocenters. The van der Waals surface area contributed by atoms with E-state index in [1.165, 1.54) is 77.0 Å². The van der Waals surface area contributed by atoms with Gasteiger partial charge in [0.15, 0.2) is 0 Å².